The molecular weight excluding hydrogens is 454 g/mol. The summed E-state index contributed by atoms with van der Waals surface area (Å²) in [6.07, 6.45) is 8.31. The van der Waals surface area contributed by atoms with E-state index in [2.05, 4.69) is 71.1 Å². The Kier molecular flexibility index (Phi) is 4.92. The summed E-state index contributed by atoms with van der Waals surface area (Å²) in [6, 6.07) is 12.8. The van der Waals surface area contributed by atoms with Gasteiger partial charge >= 0.3 is 0 Å². The van der Waals surface area contributed by atoms with E-state index in [1.54, 1.807) is 11.3 Å². The first kappa shape index (κ1) is 20.5. The summed E-state index contributed by atoms with van der Waals surface area (Å²) < 4.78 is 0. The molecule has 35 heavy (non-hydrogen) atoms. The van der Waals surface area contributed by atoms with Crippen molar-refractivity contribution >= 4 is 33.4 Å². The SMILES string of the molecule is c1cc(-c2ccsc2)c2[nH]c(-c3n[nH]c4ccc(-c5cncc(CN6CCCC6)c5)cc34)nc2n1. The standard InChI is InChI=1S/C27H23N7S/c1-2-9-34(8-1)15-17-11-20(14-28-13-17)18-3-4-23-22(12-18)25(33-32-23)27-30-24-21(19-6-10-35-16-19)5-7-29-26(24)31-27/h3-7,10-14,16H,1-2,8-9,15H2,(H,32,33)(H,29,30,31). The number of pyridine rings is 2. The third-order valence-electron chi connectivity index (χ3n) is 6.74. The minimum absolute atomic E-state index is 0.690. The van der Waals surface area contributed by atoms with Crippen molar-refractivity contribution < 1.29 is 0 Å². The molecule has 0 saturated carbocycles. The van der Waals surface area contributed by atoms with E-state index < -0.39 is 0 Å². The molecule has 0 atom stereocenters. The van der Waals surface area contributed by atoms with Crippen LogP contribution in [0.25, 0.3) is 55.8 Å². The van der Waals surface area contributed by atoms with Crippen LogP contribution in [0.3, 0.4) is 0 Å². The molecule has 7 nitrogen and oxygen atoms in total. The number of hydrogen-bond donors (Lipinski definition) is 2. The summed E-state index contributed by atoms with van der Waals surface area (Å²) in [6.45, 7) is 3.31. The normalized spacial score (nSPS) is 14.4. The van der Waals surface area contributed by atoms with Crippen LogP contribution in [-0.2, 0) is 6.54 Å². The van der Waals surface area contributed by atoms with Crippen molar-refractivity contribution in [2.75, 3.05) is 13.1 Å². The van der Waals surface area contributed by atoms with Crippen molar-refractivity contribution in [3.8, 4) is 33.8 Å². The lowest BCUT2D eigenvalue weighted by Gasteiger charge is -2.14. The Morgan fingerprint density at radius 2 is 1.91 bits per heavy atom. The molecule has 172 valence electrons. The number of thiophene rings is 1. The van der Waals surface area contributed by atoms with Crippen LogP contribution in [-0.4, -0.2) is 48.1 Å². The number of nitrogens with one attached hydrogen (secondary N) is 2. The quantitative estimate of drug-likeness (QED) is 0.323. The summed E-state index contributed by atoms with van der Waals surface area (Å²) in [7, 11) is 0. The van der Waals surface area contributed by atoms with Crippen molar-refractivity contribution in [1.82, 2.24) is 35.0 Å². The Bertz CT molecular complexity index is 1640. The van der Waals surface area contributed by atoms with Crippen LogP contribution in [0.4, 0.5) is 0 Å². The lowest BCUT2D eigenvalue weighted by Crippen LogP contribution is -2.18. The zero-order valence-corrected chi connectivity index (χ0v) is 19.8. The van der Waals surface area contributed by atoms with Gasteiger partial charge in [-0.2, -0.15) is 16.4 Å². The van der Waals surface area contributed by atoms with Crippen LogP contribution in [0.1, 0.15) is 18.4 Å². The summed E-state index contributed by atoms with van der Waals surface area (Å²) in [5, 5.41) is 13.0. The summed E-state index contributed by atoms with van der Waals surface area (Å²) in [4.78, 5) is 19.8. The van der Waals surface area contributed by atoms with Gasteiger partial charge in [-0.05, 0) is 83.7 Å². The first-order valence-electron chi connectivity index (χ1n) is 11.8. The van der Waals surface area contributed by atoms with E-state index in [1.165, 1.54) is 31.5 Å². The van der Waals surface area contributed by atoms with E-state index in [4.69, 9.17) is 4.98 Å². The maximum atomic E-state index is 4.79. The van der Waals surface area contributed by atoms with Crippen LogP contribution in [0.2, 0.25) is 0 Å². The van der Waals surface area contributed by atoms with Crippen LogP contribution in [0.5, 0.6) is 0 Å². The fraction of sp³-hybridized carbons (Fsp3) is 0.185. The van der Waals surface area contributed by atoms with Gasteiger partial charge in [0.1, 0.15) is 5.69 Å². The fourth-order valence-electron chi connectivity index (χ4n) is 4.99. The largest absolute Gasteiger partial charge is 0.335 e. The molecule has 8 heteroatoms. The van der Waals surface area contributed by atoms with E-state index in [0.29, 0.717) is 11.5 Å². The molecule has 5 aromatic heterocycles. The third kappa shape index (κ3) is 3.71. The van der Waals surface area contributed by atoms with Gasteiger partial charge in [-0.1, -0.05) is 6.07 Å². The number of H-pyrrole nitrogens is 2. The number of rotatable bonds is 5. The summed E-state index contributed by atoms with van der Waals surface area (Å²) in [5.74, 6) is 0.708. The van der Waals surface area contributed by atoms with E-state index in [9.17, 15) is 0 Å². The van der Waals surface area contributed by atoms with E-state index >= 15 is 0 Å². The van der Waals surface area contributed by atoms with Crippen LogP contribution in [0, 0.1) is 0 Å². The molecule has 1 aromatic carbocycles. The van der Waals surface area contributed by atoms with Gasteiger partial charge in [0, 0.05) is 41.6 Å². The number of fused-ring (bicyclic) bond motifs is 2. The maximum absolute atomic E-state index is 4.79. The van der Waals surface area contributed by atoms with E-state index in [1.807, 2.05) is 24.7 Å². The number of nitrogens with zero attached hydrogens (tertiary/aromatic N) is 5. The smallest absolute Gasteiger partial charge is 0.178 e. The Hall–Kier alpha value is -3.88. The molecule has 0 radical (unpaired) electrons. The molecule has 1 aliphatic heterocycles. The topological polar surface area (TPSA) is 86.4 Å². The Balaban J connectivity index is 1.28. The zero-order valence-electron chi connectivity index (χ0n) is 19.0. The average molecular weight is 478 g/mol. The number of hydrogen-bond acceptors (Lipinski definition) is 6. The molecule has 6 heterocycles. The monoisotopic (exact) mass is 477 g/mol. The lowest BCUT2D eigenvalue weighted by atomic mass is 10.0. The molecule has 0 bridgehead atoms. The second-order valence-corrected chi connectivity index (χ2v) is 9.83. The van der Waals surface area contributed by atoms with Crippen molar-refractivity contribution in [1.29, 1.82) is 0 Å². The number of aromatic amines is 2. The van der Waals surface area contributed by atoms with Crippen LogP contribution in [0.15, 0.2) is 65.7 Å². The van der Waals surface area contributed by atoms with Gasteiger partial charge in [-0.15, -0.1) is 0 Å². The van der Waals surface area contributed by atoms with Crippen molar-refractivity contribution in [2.45, 2.75) is 19.4 Å². The first-order valence-corrected chi connectivity index (χ1v) is 12.8. The highest BCUT2D eigenvalue weighted by molar-refractivity contribution is 7.08. The third-order valence-corrected chi connectivity index (χ3v) is 7.43. The predicted molar refractivity (Wildman–Crippen MR) is 140 cm³/mol. The molecular formula is C27H23N7S. The maximum Gasteiger partial charge on any atom is 0.178 e. The highest BCUT2D eigenvalue weighted by atomic mass is 32.1. The van der Waals surface area contributed by atoms with Gasteiger partial charge < -0.3 is 4.98 Å². The number of aromatic nitrogens is 6. The fourth-order valence-corrected chi connectivity index (χ4v) is 5.64. The van der Waals surface area contributed by atoms with Gasteiger partial charge in [0.15, 0.2) is 11.5 Å². The molecule has 0 unspecified atom stereocenters. The summed E-state index contributed by atoms with van der Waals surface area (Å²) in [5.41, 5.74) is 9.10. The van der Waals surface area contributed by atoms with Gasteiger partial charge in [0.25, 0.3) is 0 Å². The Labute approximate surface area is 205 Å². The van der Waals surface area contributed by atoms with Gasteiger partial charge in [0.05, 0.1) is 11.0 Å². The van der Waals surface area contributed by atoms with Crippen molar-refractivity contribution in [2.24, 2.45) is 0 Å². The molecule has 0 amide bonds. The van der Waals surface area contributed by atoms with Crippen molar-refractivity contribution in [3.05, 3.63) is 71.3 Å². The minimum Gasteiger partial charge on any atom is -0.335 e. The zero-order chi connectivity index (χ0) is 23.2. The average Bonchev–Trinajstić information content (AvgIpc) is 3.70. The molecule has 1 aliphatic rings. The summed E-state index contributed by atoms with van der Waals surface area (Å²) >= 11 is 1.68. The molecule has 2 N–H and O–H groups in total. The van der Waals surface area contributed by atoms with Crippen LogP contribution >= 0.6 is 11.3 Å². The lowest BCUT2D eigenvalue weighted by molar-refractivity contribution is 0.331. The van der Waals surface area contributed by atoms with Gasteiger partial charge in [-0.25, -0.2) is 9.97 Å². The predicted octanol–water partition coefficient (Wildman–Crippen LogP) is 5.89. The molecule has 6 aromatic rings. The Morgan fingerprint density at radius 1 is 0.971 bits per heavy atom. The van der Waals surface area contributed by atoms with Gasteiger partial charge in [-0.3, -0.25) is 15.0 Å². The minimum atomic E-state index is 0.690. The molecule has 0 spiro atoms. The number of imidazole rings is 1. The first-order chi connectivity index (χ1) is 17.3. The number of likely N-dealkylation sites (tertiary alicyclic amines) is 1. The Morgan fingerprint density at radius 3 is 2.80 bits per heavy atom. The highest BCUT2D eigenvalue weighted by Crippen LogP contribution is 2.33. The molecule has 0 aliphatic carbocycles. The second-order valence-electron chi connectivity index (χ2n) is 9.05. The molecule has 7 rings (SSSR count). The number of benzene rings is 1. The van der Waals surface area contributed by atoms with E-state index in [-0.39, 0.29) is 0 Å². The molecule has 1 fully saturated rings. The molecule has 1 saturated heterocycles. The van der Waals surface area contributed by atoms with Crippen LogP contribution < -0.4 is 0 Å². The highest BCUT2D eigenvalue weighted by Gasteiger charge is 2.17. The van der Waals surface area contributed by atoms with E-state index in [0.717, 1.165) is 50.9 Å². The second kappa shape index (κ2) is 8.41. The van der Waals surface area contributed by atoms with Crippen molar-refractivity contribution in [3.63, 3.8) is 0 Å². The van der Waals surface area contributed by atoms with Gasteiger partial charge in [0.2, 0.25) is 0 Å².